The van der Waals surface area contributed by atoms with Gasteiger partial charge in [0, 0.05) is 0 Å². The van der Waals surface area contributed by atoms with E-state index in [0.29, 0.717) is 0 Å². The second kappa shape index (κ2) is 2.30. The molecule has 0 N–H and O–H groups in total. The zero-order valence-electron chi connectivity index (χ0n) is 4.87. The molecule has 0 aliphatic heterocycles. The predicted octanol–water partition coefficient (Wildman–Crippen LogP) is 0.298. The van der Waals surface area contributed by atoms with Gasteiger partial charge >= 0.3 is 6.09 Å². The van der Waals surface area contributed by atoms with E-state index in [0.717, 1.165) is 4.68 Å². The third-order valence-electron chi connectivity index (χ3n) is 0.801. The van der Waals surface area contributed by atoms with Crippen LogP contribution in [0.2, 0.25) is 0 Å². The molecule has 0 aromatic carbocycles. The lowest BCUT2D eigenvalue weighted by Gasteiger charge is -1.93. The van der Waals surface area contributed by atoms with Crippen molar-refractivity contribution in [2.75, 3.05) is 7.11 Å². The molecule has 0 unspecified atom stereocenters. The van der Waals surface area contributed by atoms with Crippen molar-refractivity contribution in [1.82, 2.24) is 9.78 Å². The van der Waals surface area contributed by atoms with Gasteiger partial charge in [0.05, 0.1) is 19.5 Å². The number of carbonyl (C=O) groups excluding carboxylic acids is 1. The maximum absolute atomic E-state index is 10.5. The van der Waals surface area contributed by atoms with Gasteiger partial charge in [-0.3, -0.25) is 0 Å². The van der Waals surface area contributed by atoms with Gasteiger partial charge in [0.25, 0.3) is 0 Å². The van der Waals surface area contributed by atoms with E-state index in [1.54, 1.807) is 0 Å². The van der Waals surface area contributed by atoms with Gasteiger partial charge in [0.15, 0.2) is 0 Å². The van der Waals surface area contributed by atoms with E-state index in [2.05, 4.69) is 16.0 Å². The second-order valence-corrected chi connectivity index (χ2v) is 1.34. The van der Waals surface area contributed by atoms with Crippen LogP contribution in [0.1, 0.15) is 0 Å². The highest BCUT2D eigenvalue weighted by Gasteiger charge is 2.00. The number of ether oxygens (including phenoxy) is 1. The predicted molar refractivity (Wildman–Crippen MR) is 28.9 cm³/mol. The van der Waals surface area contributed by atoms with Crippen LogP contribution in [-0.2, 0) is 4.74 Å². The molecule has 1 rings (SSSR count). The molecule has 1 heterocycles. The van der Waals surface area contributed by atoms with Crippen LogP contribution < -0.4 is 0 Å². The van der Waals surface area contributed by atoms with Gasteiger partial charge in [0.1, 0.15) is 0 Å². The first-order chi connectivity index (χ1) is 4.34. The van der Waals surface area contributed by atoms with Crippen molar-refractivity contribution < 1.29 is 9.53 Å². The van der Waals surface area contributed by atoms with E-state index >= 15 is 0 Å². The Morgan fingerprint density at radius 2 is 2.67 bits per heavy atom. The summed E-state index contributed by atoms with van der Waals surface area (Å²) in [5.74, 6) is 0. The van der Waals surface area contributed by atoms with Crippen LogP contribution in [0.25, 0.3) is 0 Å². The highest BCUT2D eigenvalue weighted by atomic mass is 16.5. The zero-order valence-corrected chi connectivity index (χ0v) is 4.87. The first kappa shape index (κ1) is 5.81. The molecular weight excluding hydrogens is 120 g/mol. The van der Waals surface area contributed by atoms with E-state index in [9.17, 15) is 4.79 Å². The second-order valence-electron chi connectivity index (χ2n) is 1.34. The average Bonchev–Trinajstić information content (AvgIpc) is 2.37. The van der Waals surface area contributed by atoms with Crippen LogP contribution in [0.5, 0.6) is 0 Å². The Balaban J connectivity index is 2.77. The van der Waals surface area contributed by atoms with Gasteiger partial charge in [-0.15, -0.1) is 0 Å². The fraction of sp³-hybridized carbons (Fsp3) is 0.200. The van der Waals surface area contributed by atoms with Crippen LogP contribution >= 0.6 is 0 Å². The Morgan fingerprint density at radius 3 is 3.11 bits per heavy atom. The van der Waals surface area contributed by atoms with Gasteiger partial charge in [-0.2, -0.15) is 9.78 Å². The van der Waals surface area contributed by atoms with Gasteiger partial charge < -0.3 is 4.74 Å². The third kappa shape index (κ3) is 1.07. The van der Waals surface area contributed by atoms with Crippen LogP contribution in [0.15, 0.2) is 12.3 Å². The van der Waals surface area contributed by atoms with E-state index in [1.165, 1.54) is 19.4 Å². The normalized spacial score (nSPS) is 9.00. The number of carbonyl (C=O) groups is 1. The monoisotopic (exact) mass is 125 g/mol. The highest BCUT2D eigenvalue weighted by Crippen LogP contribution is 1.83. The summed E-state index contributed by atoms with van der Waals surface area (Å²) in [4.78, 5) is 10.5. The Kier molecular flexibility index (Phi) is 1.48. The minimum atomic E-state index is -0.528. The lowest BCUT2D eigenvalue weighted by Crippen LogP contribution is -2.11. The molecule has 0 fully saturated rings. The van der Waals surface area contributed by atoms with Crippen molar-refractivity contribution in [1.29, 1.82) is 0 Å². The Morgan fingerprint density at radius 1 is 1.89 bits per heavy atom. The number of methoxy groups -OCH3 is 1. The molecule has 0 atom stereocenters. The molecule has 0 spiro atoms. The van der Waals surface area contributed by atoms with Crippen molar-refractivity contribution in [2.24, 2.45) is 0 Å². The van der Waals surface area contributed by atoms with Crippen LogP contribution in [0, 0.1) is 6.20 Å². The summed E-state index contributed by atoms with van der Waals surface area (Å²) < 4.78 is 5.31. The van der Waals surface area contributed by atoms with Crippen LogP contribution in [0.4, 0.5) is 4.79 Å². The standard InChI is InChI=1S/C5H5N2O2/c1-9-5(8)7-4-2-3-6-7/h2-3H,1H3. The molecule has 0 aliphatic carbocycles. The number of hydrogen-bond donors (Lipinski definition) is 0. The van der Waals surface area contributed by atoms with Crippen LogP contribution in [-0.4, -0.2) is 23.0 Å². The quantitative estimate of drug-likeness (QED) is 0.500. The van der Waals surface area contributed by atoms with Gasteiger partial charge in [0.2, 0.25) is 0 Å². The molecule has 0 bridgehead atoms. The molecule has 0 saturated carbocycles. The van der Waals surface area contributed by atoms with Crippen molar-refractivity contribution in [3.8, 4) is 0 Å². The minimum Gasteiger partial charge on any atom is -0.451 e. The number of hydrogen-bond acceptors (Lipinski definition) is 3. The fourth-order valence-corrected chi connectivity index (χ4v) is 0.424. The van der Waals surface area contributed by atoms with E-state index < -0.39 is 6.09 Å². The molecule has 0 saturated heterocycles. The molecule has 4 nitrogen and oxygen atoms in total. The summed E-state index contributed by atoms with van der Waals surface area (Å²) >= 11 is 0. The van der Waals surface area contributed by atoms with Crippen molar-refractivity contribution >= 4 is 6.09 Å². The van der Waals surface area contributed by atoms with Crippen molar-refractivity contribution in [3.63, 3.8) is 0 Å². The lowest BCUT2D eigenvalue weighted by atomic mass is 10.8. The van der Waals surface area contributed by atoms with Gasteiger partial charge in [-0.05, 0) is 6.07 Å². The summed E-state index contributed by atoms with van der Waals surface area (Å²) in [5.41, 5.74) is 0. The molecule has 1 aromatic rings. The number of nitrogens with zero attached hydrogens (tertiary/aromatic N) is 2. The smallest absolute Gasteiger partial charge is 0.435 e. The topological polar surface area (TPSA) is 44.1 Å². The molecule has 0 amide bonds. The highest BCUT2D eigenvalue weighted by molar-refractivity contribution is 5.68. The van der Waals surface area contributed by atoms with Crippen molar-refractivity contribution in [2.45, 2.75) is 0 Å². The summed E-state index contributed by atoms with van der Waals surface area (Å²) in [6.45, 7) is 0. The number of rotatable bonds is 0. The van der Waals surface area contributed by atoms with Crippen LogP contribution in [0.3, 0.4) is 0 Å². The Bertz CT molecular complexity index is 193. The molecular formula is C5H5N2O2. The lowest BCUT2D eigenvalue weighted by molar-refractivity contribution is 0.169. The summed E-state index contributed by atoms with van der Waals surface area (Å²) in [5, 5.41) is 3.57. The number of aromatic nitrogens is 2. The zero-order chi connectivity index (χ0) is 6.69. The maximum atomic E-state index is 10.5. The van der Waals surface area contributed by atoms with E-state index in [1.807, 2.05) is 0 Å². The third-order valence-corrected chi connectivity index (χ3v) is 0.801. The first-order valence-electron chi connectivity index (χ1n) is 2.34. The molecule has 0 aliphatic rings. The first-order valence-corrected chi connectivity index (χ1v) is 2.34. The van der Waals surface area contributed by atoms with Crippen molar-refractivity contribution in [3.05, 3.63) is 18.5 Å². The molecule has 1 aromatic heterocycles. The summed E-state index contributed by atoms with van der Waals surface area (Å²) in [7, 11) is 1.29. The molecule has 47 valence electrons. The Labute approximate surface area is 52.0 Å². The largest absolute Gasteiger partial charge is 0.451 e. The van der Waals surface area contributed by atoms with Gasteiger partial charge in [-0.25, -0.2) is 4.79 Å². The maximum Gasteiger partial charge on any atom is 0.435 e. The Hall–Kier alpha value is -1.32. The molecule has 1 radical (unpaired) electrons. The molecule has 9 heavy (non-hydrogen) atoms. The molecule has 4 heteroatoms. The minimum absolute atomic E-state index is 0.528. The average molecular weight is 125 g/mol. The van der Waals surface area contributed by atoms with Gasteiger partial charge in [-0.1, -0.05) is 0 Å². The summed E-state index contributed by atoms with van der Waals surface area (Å²) in [6.07, 6.45) is 3.45. The van der Waals surface area contributed by atoms with E-state index in [-0.39, 0.29) is 0 Å². The fourth-order valence-electron chi connectivity index (χ4n) is 0.424. The van der Waals surface area contributed by atoms with E-state index in [4.69, 9.17) is 0 Å². The summed E-state index contributed by atoms with van der Waals surface area (Å²) in [6, 6.07) is 1.52. The SMILES string of the molecule is COC(=O)n1[c]ccn1.